The van der Waals surface area contributed by atoms with Gasteiger partial charge in [-0.3, -0.25) is 10.1 Å². The van der Waals surface area contributed by atoms with Gasteiger partial charge in [0.25, 0.3) is 5.69 Å². The first-order chi connectivity index (χ1) is 12.7. The van der Waals surface area contributed by atoms with Gasteiger partial charge in [0, 0.05) is 28.9 Å². The summed E-state index contributed by atoms with van der Waals surface area (Å²) in [6, 6.07) is 13.9. The summed E-state index contributed by atoms with van der Waals surface area (Å²) in [6.45, 7) is 0. The van der Waals surface area contributed by atoms with Gasteiger partial charge in [-0.2, -0.15) is 4.98 Å². The molecule has 0 amide bonds. The standard InChI is InChI=1S/C17H13N5O3S/c1-26-17-19-16-14(20-21-17)12-7-2-3-8-13(12)18-15(25-16)10-5-4-6-11(9-10)22(23)24/h2-9,15,18H,1H3/t15-/m0/s1. The van der Waals surface area contributed by atoms with Crippen molar-refractivity contribution in [3.63, 3.8) is 0 Å². The van der Waals surface area contributed by atoms with Gasteiger partial charge in [-0.05, 0) is 12.3 Å². The number of non-ortho nitro benzene ring substituents is 1. The number of nitro benzene ring substituents is 1. The highest BCUT2D eigenvalue weighted by Crippen LogP contribution is 2.39. The summed E-state index contributed by atoms with van der Waals surface area (Å²) in [6.07, 6.45) is 1.20. The third kappa shape index (κ3) is 2.93. The highest BCUT2D eigenvalue weighted by atomic mass is 32.2. The number of rotatable bonds is 3. The fourth-order valence-corrected chi connectivity index (χ4v) is 2.98. The van der Waals surface area contributed by atoms with Gasteiger partial charge in [0.05, 0.1) is 4.92 Å². The number of benzene rings is 2. The van der Waals surface area contributed by atoms with Crippen molar-refractivity contribution < 1.29 is 9.66 Å². The van der Waals surface area contributed by atoms with Gasteiger partial charge in [0.2, 0.25) is 11.0 Å². The van der Waals surface area contributed by atoms with E-state index >= 15 is 0 Å². The summed E-state index contributed by atoms with van der Waals surface area (Å²) in [4.78, 5) is 15.1. The van der Waals surface area contributed by atoms with E-state index in [1.807, 2.05) is 30.5 Å². The van der Waals surface area contributed by atoms with Crippen LogP contribution < -0.4 is 10.1 Å². The van der Waals surface area contributed by atoms with E-state index < -0.39 is 11.2 Å². The van der Waals surface area contributed by atoms with E-state index in [1.165, 1.54) is 23.9 Å². The predicted octanol–water partition coefficient (Wildman–Crippen LogP) is 3.67. The Morgan fingerprint density at radius 2 is 2.04 bits per heavy atom. The number of nitrogens with one attached hydrogen (secondary N) is 1. The van der Waals surface area contributed by atoms with Crippen molar-refractivity contribution in [2.45, 2.75) is 11.4 Å². The zero-order valence-electron chi connectivity index (χ0n) is 13.6. The van der Waals surface area contributed by atoms with Crippen LogP contribution in [0.4, 0.5) is 11.4 Å². The predicted molar refractivity (Wildman–Crippen MR) is 97.1 cm³/mol. The van der Waals surface area contributed by atoms with E-state index in [0.717, 1.165) is 11.3 Å². The SMILES string of the molecule is CSc1nnc2c(n1)O[C@@H](c1cccc([N+](=O)[O-])c1)Nc1ccccc1-2. The lowest BCUT2D eigenvalue weighted by molar-refractivity contribution is -0.385. The molecule has 0 aliphatic carbocycles. The van der Waals surface area contributed by atoms with Crippen molar-refractivity contribution in [2.75, 3.05) is 11.6 Å². The number of aromatic nitrogens is 3. The molecule has 0 unspecified atom stereocenters. The minimum Gasteiger partial charge on any atom is -0.448 e. The Kier molecular flexibility index (Phi) is 4.13. The molecule has 0 saturated heterocycles. The number of hydrogen-bond donors (Lipinski definition) is 1. The molecule has 0 radical (unpaired) electrons. The molecule has 0 fully saturated rings. The zero-order valence-corrected chi connectivity index (χ0v) is 14.4. The van der Waals surface area contributed by atoms with Crippen molar-refractivity contribution in [3.8, 4) is 17.1 Å². The Morgan fingerprint density at radius 3 is 2.85 bits per heavy atom. The third-order valence-electron chi connectivity index (χ3n) is 3.90. The molecule has 1 atom stereocenters. The summed E-state index contributed by atoms with van der Waals surface area (Å²) < 4.78 is 6.04. The summed E-state index contributed by atoms with van der Waals surface area (Å²) in [5.74, 6) is 0.332. The van der Waals surface area contributed by atoms with Crippen molar-refractivity contribution in [1.29, 1.82) is 0 Å². The molecule has 26 heavy (non-hydrogen) atoms. The number of ether oxygens (including phenoxy) is 1. The van der Waals surface area contributed by atoms with E-state index in [1.54, 1.807) is 12.1 Å². The first-order valence-electron chi connectivity index (χ1n) is 7.71. The van der Waals surface area contributed by atoms with E-state index in [-0.39, 0.29) is 5.69 Å². The topological polar surface area (TPSA) is 103 Å². The first-order valence-corrected chi connectivity index (χ1v) is 8.94. The van der Waals surface area contributed by atoms with Crippen LogP contribution in [0.25, 0.3) is 11.3 Å². The molecule has 1 aliphatic rings. The largest absolute Gasteiger partial charge is 0.448 e. The van der Waals surface area contributed by atoms with Gasteiger partial charge in [0.15, 0.2) is 11.9 Å². The van der Waals surface area contributed by atoms with Crippen LogP contribution in [0.15, 0.2) is 53.7 Å². The van der Waals surface area contributed by atoms with Gasteiger partial charge in [-0.15, -0.1) is 10.2 Å². The second kappa shape index (κ2) is 6.60. The minimum atomic E-state index is -0.649. The van der Waals surface area contributed by atoms with Gasteiger partial charge in [-0.25, -0.2) is 0 Å². The van der Waals surface area contributed by atoms with Crippen LogP contribution in [0.1, 0.15) is 11.8 Å². The molecule has 130 valence electrons. The number of para-hydroxylation sites is 1. The lowest BCUT2D eigenvalue weighted by Gasteiger charge is -2.19. The van der Waals surface area contributed by atoms with E-state index in [0.29, 0.717) is 22.3 Å². The van der Waals surface area contributed by atoms with Crippen molar-refractivity contribution in [3.05, 3.63) is 64.2 Å². The second-order valence-corrected chi connectivity index (χ2v) is 6.27. The number of hydrogen-bond acceptors (Lipinski definition) is 8. The van der Waals surface area contributed by atoms with Crippen LogP contribution in [0.2, 0.25) is 0 Å². The van der Waals surface area contributed by atoms with Crippen LogP contribution in [0.3, 0.4) is 0 Å². The number of anilines is 1. The van der Waals surface area contributed by atoms with Crippen LogP contribution >= 0.6 is 11.8 Å². The summed E-state index contributed by atoms with van der Waals surface area (Å²) in [5, 5.41) is 23.2. The molecule has 3 aromatic rings. The summed E-state index contributed by atoms with van der Waals surface area (Å²) >= 11 is 1.36. The minimum absolute atomic E-state index is 0.00345. The normalized spacial score (nSPS) is 15.0. The molecule has 0 saturated carbocycles. The third-order valence-corrected chi connectivity index (χ3v) is 4.44. The maximum atomic E-state index is 11.1. The highest BCUT2D eigenvalue weighted by Gasteiger charge is 2.26. The number of fused-ring (bicyclic) bond motifs is 3. The lowest BCUT2D eigenvalue weighted by Crippen LogP contribution is -2.17. The molecular formula is C17H13N5O3S. The molecule has 2 heterocycles. The van der Waals surface area contributed by atoms with E-state index in [2.05, 4.69) is 20.5 Å². The number of nitrogens with zero attached hydrogens (tertiary/aromatic N) is 4. The Labute approximate surface area is 152 Å². The lowest BCUT2D eigenvalue weighted by atomic mass is 10.1. The molecule has 1 aliphatic heterocycles. The Bertz CT molecular complexity index is 998. The van der Waals surface area contributed by atoms with Crippen LogP contribution in [-0.2, 0) is 0 Å². The molecule has 0 bridgehead atoms. The number of nitro groups is 1. The molecule has 8 nitrogen and oxygen atoms in total. The summed E-state index contributed by atoms with van der Waals surface area (Å²) in [7, 11) is 0. The van der Waals surface area contributed by atoms with Crippen LogP contribution in [0.5, 0.6) is 5.88 Å². The molecule has 1 aromatic heterocycles. The molecular weight excluding hydrogens is 354 g/mol. The quantitative estimate of drug-likeness (QED) is 0.425. The zero-order chi connectivity index (χ0) is 18.1. The number of thioether (sulfide) groups is 1. The summed E-state index contributed by atoms with van der Waals surface area (Å²) in [5.41, 5.74) is 2.74. The van der Waals surface area contributed by atoms with Crippen molar-refractivity contribution in [2.24, 2.45) is 0 Å². The highest BCUT2D eigenvalue weighted by molar-refractivity contribution is 7.98. The van der Waals surface area contributed by atoms with Gasteiger partial charge in [0.1, 0.15) is 0 Å². The Balaban J connectivity index is 1.84. The van der Waals surface area contributed by atoms with E-state index in [9.17, 15) is 10.1 Å². The first kappa shape index (κ1) is 16.3. The second-order valence-electron chi connectivity index (χ2n) is 5.49. The van der Waals surface area contributed by atoms with Crippen LogP contribution in [0, 0.1) is 10.1 Å². The maximum absolute atomic E-state index is 11.1. The van der Waals surface area contributed by atoms with Gasteiger partial charge in [-0.1, -0.05) is 42.1 Å². The fraction of sp³-hybridized carbons (Fsp3) is 0.118. The van der Waals surface area contributed by atoms with Gasteiger partial charge < -0.3 is 10.1 Å². The average molecular weight is 367 g/mol. The maximum Gasteiger partial charge on any atom is 0.269 e. The molecule has 1 N–H and O–H groups in total. The van der Waals surface area contributed by atoms with Crippen molar-refractivity contribution >= 4 is 23.1 Å². The smallest absolute Gasteiger partial charge is 0.269 e. The average Bonchev–Trinajstić information content (AvgIpc) is 2.84. The molecule has 2 aromatic carbocycles. The van der Waals surface area contributed by atoms with Gasteiger partial charge >= 0.3 is 0 Å². The Morgan fingerprint density at radius 1 is 1.19 bits per heavy atom. The Hall–Kier alpha value is -3.20. The van der Waals surface area contributed by atoms with Crippen molar-refractivity contribution in [1.82, 2.24) is 15.2 Å². The molecule has 0 spiro atoms. The molecule has 4 rings (SSSR count). The monoisotopic (exact) mass is 367 g/mol. The van der Waals surface area contributed by atoms with Crippen LogP contribution in [-0.4, -0.2) is 26.4 Å². The van der Waals surface area contributed by atoms with E-state index in [4.69, 9.17) is 4.74 Å². The molecule has 9 heteroatoms. The fourth-order valence-electron chi connectivity index (χ4n) is 2.69.